The fraction of sp³-hybridized carbons (Fsp3) is 0.706. The normalized spacial score (nSPS) is 32.0. The molecule has 3 aliphatic rings. The minimum Gasteiger partial charge on any atom is -0.464 e. The Morgan fingerprint density at radius 3 is 2.61 bits per heavy atom. The highest BCUT2D eigenvalue weighted by atomic mass is 32.2. The van der Waals surface area contributed by atoms with Gasteiger partial charge >= 0.3 is 0 Å². The zero-order chi connectivity index (χ0) is 16.2. The van der Waals surface area contributed by atoms with Gasteiger partial charge < -0.3 is 9.32 Å². The molecule has 2 heterocycles. The van der Waals surface area contributed by atoms with Crippen molar-refractivity contribution in [2.24, 2.45) is 11.8 Å². The van der Waals surface area contributed by atoms with Gasteiger partial charge in [0.25, 0.3) is 0 Å². The van der Waals surface area contributed by atoms with Gasteiger partial charge in [-0.05, 0) is 43.7 Å². The van der Waals surface area contributed by atoms with Crippen LogP contribution in [0.25, 0.3) is 0 Å². The van der Waals surface area contributed by atoms with Crippen molar-refractivity contribution >= 4 is 15.7 Å². The van der Waals surface area contributed by atoms with Crippen LogP contribution in [0.1, 0.15) is 50.0 Å². The van der Waals surface area contributed by atoms with Crippen molar-refractivity contribution in [3.05, 3.63) is 23.7 Å². The van der Waals surface area contributed by atoms with Crippen LogP contribution < -0.4 is 0 Å². The van der Waals surface area contributed by atoms with Crippen LogP contribution in [0.3, 0.4) is 0 Å². The SMILES string of the molecule is CC1CC1c1ccc(CN(C(=O)C2CCS(=O)(=O)C2)C2CC2)o1. The van der Waals surface area contributed by atoms with Gasteiger partial charge in [0.15, 0.2) is 9.84 Å². The summed E-state index contributed by atoms with van der Waals surface area (Å²) in [5.74, 6) is 2.86. The summed E-state index contributed by atoms with van der Waals surface area (Å²) in [6.07, 6.45) is 3.67. The van der Waals surface area contributed by atoms with E-state index in [-0.39, 0.29) is 29.4 Å². The van der Waals surface area contributed by atoms with Gasteiger partial charge in [-0.1, -0.05) is 6.92 Å². The topological polar surface area (TPSA) is 67.6 Å². The zero-order valence-corrected chi connectivity index (χ0v) is 14.2. The largest absolute Gasteiger partial charge is 0.464 e. The average Bonchev–Trinajstić information content (AvgIpc) is 3.39. The lowest BCUT2D eigenvalue weighted by atomic mass is 10.1. The summed E-state index contributed by atoms with van der Waals surface area (Å²) in [5, 5.41) is 0. The molecule has 0 bridgehead atoms. The number of hydrogen-bond acceptors (Lipinski definition) is 4. The number of rotatable bonds is 5. The van der Waals surface area contributed by atoms with E-state index in [0.717, 1.165) is 24.4 Å². The molecule has 3 atom stereocenters. The highest BCUT2D eigenvalue weighted by Gasteiger charge is 2.41. The third-order valence-electron chi connectivity index (χ3n) is 5.34. The minimum atomic E-state index is -3.03. The first-order valence-corrected chi connectivity index (χ1v) is 10.3. The van der Waals surface area contributed by atoms with E-state index in [1.165, 1.54) is 6.42 Å². The van der Waals surface area contributed by atoms with Crippen LogP contribution in [0.4, 0.5) is 0 Å². The molecular formula is C17H23NO4S. The Morgan fingerprint density at radius 1 is 1.30 bits per heavy atom. The second kappa shape index (κ2) is 5.36. The summed E-state index contributed by atoms with van der Waals surface area (Å²) in [4.78, 5) is 14.6. The molecule has 126 valence electrons. The predicted octanol–water partition coefficient (Wildman–Crippen LogP) is 2.33. The highest BCUT2D eigenvalue weighted by Crippen LogP contribution is 2.47. The number of furan rings is 1. The van der Waals surface area contributed by atoms with Crippen molar-refractivity contribution in [2.75, 3.05) is 11.5 Å². The molecule has 4 rings (SSSR count). The molecule has 1 saturated heterocycles. The lowest BCUT2D eigenvalue weighted by Gasteiger charge is -2.24. The van der Waals surface area contributed by atoms with Crippen LogP contribution in [0.15, 0.2) is 16.5 Å². The Labute approximate surface area is 136 Å². The fourth-order valence-corrected chi connectivity index (χ4v) is 5.30. The number of amides is 1. The van der Waals surface area contributed by atoms with Gasteiger partial charge in [0, 0.05) is 12.0 Å². The van der Waals surface area contributed by atoms with E-state index in [4.69, 9.17) is 4.42 Å². The molecule has 1 amide bonds. The van der Waals surface area contributed by atoms with E-state index in [9.17, 15) is 13.2 Å². The first kappa shape index (κ1) is 15.2. The Morgan fingerprint density at radius 2 is 2.04 bits per heavy atom. The fourth-order valence-electron chi connectivity index (χ4n) is 3.56. The molecule has 3 fully saturated rings. The van der Waals surface area contributed by atoms with Gasteiger partial charge in [0.1, 0.15) is 11.5 Å². The summed E-state index contributed by atoms with van der Waals surface area (Å²) < 4.78 is 29.2. The molecule has 1 aliphatic heterocycles. The van der Waals surface area contributed by atoms with E-state index < -0.39 is 9.84 Å². The van der Waals surface area contributed by atoms with Crippen LogP contribution >= 0.6 is 0 Å². The van der Waals surface area contributed by atoms with Gasteiger partial charge in [-0.15, -0.1) is 0 Å². The van der Waals surface area contributed by atoms with Gasteiger partial charge in [-0.2, -0.15) is 0 Å². The Hall–Kier alpha value is -1.30. The Bertz CT molecular complexity index is 719. The van der Waals surface area contributed by atoms with Crippen LogP contribution in [0.2, 0.25) is 0 Å². The van der Waals surface area contributed by atoms with Crippen LogP contribution in [0, 0.1) is 11.8 Å². The summed E-state index contributed by atoms with van der Waals surface area (Å²) in [6, 6.07) is 4.26. The molecule has 0 spiro atoms. The first-order chi connectivity index (χ1) is 10.9. The van der Waals surface area contributed by atoms with Crippen molar-refractivity contribution in [3.63, 3.8) is 0 Å². The van der Waals surface area contributed by atoms with Crippen molar-refractivity contribution in [3.8, 4) is 0 Å². The van der Waals surface area contributed by atoms with Crippen LogP contribution in [0.5, 0.6) is 0 Å². The molecule has 0 aromatic carbocycles. The summed E-state index contributed by atoms with van der Waals surface area (Å²) in [7, 11) is -3.03. The third-order valence-corrected chi connectivity index (χ3v) is 7.10. The standard InChI is InChI=1S/C17H23NO4S/c1-11-8-15(11)16-5-4-14(22-16)9-18(13-2-3-13)17(19)12-6-7-23(20,21)10-12/h4-5,11-13,15H,2-3,6-10H2,1H3. The molecule has 3 unspecified atom stereocenters. The van der Waals surface area contributed by atoms with E-state index in [2.05, 4.69) is 6.92 Å². The van der Waals surface area contributed by atoms with Crippen molar-refractivity contribution in [1.29, 1.82) is 0 Å². The summed E-state index contributed by atoms with van der Waals surface area (Å²) in [6.45, 7) is 2.69. The Kier molecular flexibility index (Phi) is 3.55. The molecule has 2 saturated carbocycles. The molecule has 6 heteroatoms. The molecule has 1 aromatic rings. The van der Waals surface area contributed by atoms with Gasteiger partial charge in [0.2, 0.25) is 5.91 Å². The van der Waals surface area contributed by atoms with Crippen molar-refractivity contribution in [1.82, 2.24) is 4.90 Å². The van der Waals surface area contributed by atoms with Gasteiger partial charge in [0.05, 0.1) is 24.0 Å². The van der Waals surface area contributed by atoms with E-state index >= 15 is 0 Å². The first-order valence-electron chi connectivity index (χ1n) is 8.52. The molecule has 23 heavy (non-hydrogen) atoms. The maximum Gasteiger partial charge on any atom is 0.227 e. The van der Waals surface area contributed by atoms with Crippen molar-refractivity contribution < 1.29 is 17.6 Å². The summed E-state index contributed by atoms with van der Waals surface area (Å²) in [5.41, 5.74) is 0. The zero-order valence-electron chi connectivity index (χ0n) is 13.4. The van der Waals surface area contributed by atoms with E-state index in [1.807, 2.05) is 17.0 Å². The monoisotopic (exact) mass is 337 g/mol. The smallest absolute Gasteiger partial charge is 0.227 e. The lowest BCUT2D eigenvalue weighted by molar-refractivity contribution is -0.136. The quantitative estimate of drug-likeness (QED) is 0.827. The number of carbonyl (C=O) groups excluding carboxylic acids is 1. The van der Waals surface area contributed by atoms with E-state index in [0.29, 0.717) is 24.8 Å². The Balaban J connectivity index is 1.46. The number of nitrogens with zero attached hydrogens (tertiary/aromatic N) is 1. The third kappa shape index (κ3) is 3.18. The van der Waals surface area contributed by atoms with Crippen LogP contribution in [-0.4, -0.2) is 36.8 Å². The molecule has 0 N–H and O–H groups in total. The van der Waals surface area contributed by atoms with Gasteiger partial charge in [-0.3, -0.25) is 4.79 Å². The predicted molar refractivity (Wildman–Crippen MR) is 85.6 cm³/mol. The number of hydrogen-bond donors (Lipinski definition) is 0. The maximum atomic E-state index is 12.7. The summed E-state index contributed by atoms with van der Waals surface area (Å²) >= 11 is 0. The molecular weight excluding hydrogens is 314 g/mol. The molecule has 0 radical (unpaired) electrons. The second-order valence-electron chi connectivity index (χ2n) is 7.42. The molecule has 1 aromatic heterocycles. The lowest BCUT2D eigenvalue weighted by Crippen LogP contribution is -2.37. The average molecular weight is 337 g/mol. The number of carbonyl (C=O) groups is 1. The van der Waals surface area contributed by atoms with Gasteiger partial charge in [-0.25, -0.2) is 8.42 Å². The molecule has 2 aliphatic carbocycles. The molecule has 5 nitrogen and oxygen atoms in total. The minimum absolute atomic E-state index is 0.00804. The number of sulfone groups is 1. The van der Waals surface area contributed by atoms with Crippen molar-refractivity contribution in [2.45, 2.75) is 51.1 Å². The van der Waals surface area contributed by atoms with E-state index in [1.54, 1.807) is 0 Å². The highest BCUT2D eigenvalue weighted by molar-refractivity contribution is 7.91. The maximum absolute atomic E-state index is 12.7. The second-order valence-corrected chi connectivity index (χ2v) is 9.65. The van der Waals surface area contributed by atoms with Crippen LogP contribution in [-0.2, 0) is 21.2 Å².